The Bertz CT molecular complexity index is 946. The molecule has 0 spiro atoms. The molecule has 0 saturated heterocycles. The lowest BCUT2D eigenvalue weighted by atomic mass is 9.89. The van der Waals surface area contributed by atoms with E-state index in [1.165, 1.54) is 37.9 Å². The zero-order chi connectivity index (χ0) is 22.8. The fourth-order valence-electron chi connectivity index (χ4n) is 3.61. The number of aryl methyl sites for hydroxylation is 1. The molecule has 7 nitrogen and oxygen atoms in total. The molecule has 0 unspecified atom stereocenters. The van der Waals surface area contributed by atoms with Crippen molar-refractivity contribution in [3.8, 4) is 0 Å². The molecule has 1 fully saturated rings. The minimum atomic E-state index is -2.89. The fraction of sp³-hybridized carbons (Fsp3) is 0.450. The van der Waals surface area contributed by atoms with Gasteiger partial charge in [-0.05, 0) is 32.4 Å². The van der Waals surface area contributed by atoms with Gasteiger partial charge in [-0.2, -0.15) is 0 Å². The average molecular weight is 456 g/mol. The van der Waals surface area contributed by atoms with Gasteiger partial charge in [0.15, 0.2) is 5.54 Å². The Hall–Kier alpha value is -2.75. The van der Waals surface area contributed by atoms with E-state index in [4.69, 9.17) is 11.6 Å². The molecule has 0 aliphatic heterocycles. The zero-order valence-electron chi connectivity index (χ0n) is 16.9. The van der Waals surface area contributed by atoms with E-state index >= 15 is 0 Å². The second-order valence-electron chi connectivity index (χ2n) is 7.60. The van der Waals surface area contributed by atoms with E-state index in [0.717, 1.165) is 4.90 Å². The SMILES string of the molecule is Cc1ccc(N(C(=O)[C@H](F)Cl)[C@@](C)(C(=O)N[C@@H]2CCC(F)(F)C2)c2cncnc2)cn1. The van der Waals surface area contributed by atoms with E-state index in [1.54, 1.807) is 13.0 Å². The minimum Gasteiger partial charge on any atom is -0.351 e. The third kappa shape index (κ3) is 4.79. The lowest BCUT2D eigenvalue weighted by Crippen LogP contribution is -2.59. The van der Waals surface area contributed by atoms with Gasteiger partial charge in [0, 0.05) is 42.5 Å². The van der Waals surface area contributed by atoms with Crippen LogP contribution in [0.1, 0.15) is 37.4 Å². The monoisotopic (exact) mass is 455 g/mol. The van der Waals surface area contributed by atoms with Gasteiger partial charge in [-0.3, -0.25) is 19.5 Å². The second kappa shape index (κ2) is 8.78. The highest BCUT2D eigenvalue weighted by atomic mass is 35.5. The summed E-state index contributed by atoms with van der Waals surface area (Å²) in [7, 11) is 0. The van der Waals surface area contributed by atoms with E-state index in [9.17, 15) is 22.8 Å². The molecule has 166 valence electrons. The highest BCUT2D eigenvalue weighted by Crippen LogP contribution is 2.37. The number of hydrogen-bond acceptors (Lipinski definition) is 5. The molecule has 0 bridgehead atoms. The van der Waals surface area contributed by atoms with Crippen molar-refractivity contribution in [3.05, 3.63) is 48.3 Å². The number of halogens is 4. The molecule has 1 saturated carbocycles. The Balaban J connectivity index is 2.09. The van der Waals surface area contributed by atoms with Crippen molar-refractivity contribution in [2.75, 3.05) is 4.90 Å². The Morgan fingerprint density at radius 2 is 1.97 bits per heavy atom. The van der Waals surface area contributed by atoms with Crippen LogP contribution in [0.5, 0.6) is 0 Å². The first kappa shape index (κ1) is 22.9. The van der Waals surface area contributed by atoms with Crippen LogP contribution >= 0.6 is 11.6 Å². The van der Waals surface area contributed by atoms with E-state index in [2.05, 4.69) is 20.3 Å². The summed E-state index contributed by atoms with van der Waals surface area (Å²) in [5.74, 6) is -4.90. The van der Waals surface area contributed by atoms with Crippen LogP contribution in [0.2, 0.25) is 0 Å². The summed E-state index contributed by atoms with van der Waals surface area (Å²) in [6.45, 7) is 3.07. The number of aromatic nitrogens is 3. The highest BCUT2D eigenvalue weighted by molar-refractivity contribution is 6.32. The maximum atomic E-state index is 14.0. The van der Waals surface area contributed by atoms with Crippen molar-refractivity contribution in [2.45, 2.75) is 56.2 Å². The molecule has 2 aromatic heterocycles. The number of rotatable bonds is 6. The van der Waals surface area contributed by atoms with Crippen molar-refractivity contribution in [1.82, 2.24) is 20.3 Å². The van der Waals surface area contributed by atoms with Gasteiger partial charge in [0.25, 0.3) is 17.4 Å². The van der Waals surface area contributed by atoms with E-state index in [-0.39, 0.29) is 24.1 Å². The van der Waals surface area contributed by atoms with Crippen molar-refractivity contribution < 1.29 is 22.8 Å². The molecule has 1 N–H and O–H groups in total. The molecule has 0 aromatic carbocycles. The number of alkyl halides is 4. The number of nitrogens with one attached hydrogen (secondary N) is 1. The van der Waals surface area contributed by atoms with Gasteiger partial charge in [-0.25, -0.2) is 23.1 Å². The topological polar surface area (TPSA) is 88.1 Å². The van der Waals surface area contributed by atoms with Gasteiger partial charge < -0.3 is 5.32 Å². The van der Waals surface area contributed by atoms with Crippen LogP contribution in [0.25, 0.3) is 0 Å². The van der Waals surface area contributed by atoms with Crippen LogP contribution in [-0.2, 0) is 15.1 Å². The third-order valence-electron chi connectivity index (χ3n) is 5.31. The predicted molar refractivity (Wildman–Crippen MR) is 107 cm³/mol. The normalized spacial score (nSPS) is 20.5. The first-order chi connectivity index (χ1) is 14.5. The molecule has 2 amide bonds. The quantitative estimate of drug-likeness (QED) is 0.675. The summed E-state index contributed by atoms with van der Waals surface area (Å²) >= 11 is 5.47. The zero-order valence-corrected chi connectivity index (χ0v) is 17.6. The molecule has 31 heavy (non-hydrogen) atoms. The maximum absolute atomic E-state index is 14.0. The van der Waals surface area contributed by atoms with Crippen LogP contribution in [0.15, 0.2) is 37.1 Å². The summed E-state index contributed by atoms with van der Waals surface area (Å²) in [6.07, 6.45) is 4.28. The molecule has 11 heteroatoms. The maximum Gasteiger partial charge on any atom is 0.278 e. The number of carbonyl (C=O) groups excluding carboxylic acids is 2. The Morgan fingerprint density at radius 3 is 2.48 bits per heavy atom. The average Bonchev–Trinajstić information content (AvgIpc) is 3.08. The van der Waals surface area contributed by atoms with Gasteiger partial charge in [-0.1, -0.05) is 11.6 Å². The van der Waals surface area contributed by atoms with Crippen molar-refractivity contribution in [1.29, 1.82) is 0 Å². The van der Waals surface area contributed by atoms with E-state index in [1.807, 2.05) is 0 Å². The number of carbonyl (C=O) groups is 2. The lowest BCUT2D eigenvalue weighted by molar-refractivity contribution is -0.131. The van der Waals surface area contributed by atoms with E-state index in [0.29, 0.717) is 5.69 Å². The number of amides is 2. The number of nitrogens with zero attached hydrogens (tertiary/aromatic N) is 4. The van der Waals surface area contributed by atoms with Crippen molar-refractivity contribution in [2.24, 2.45) is 0 Å². The molecule has 3 atom stereocenters. The molecule has 2 heterocycles. The molecular formula is C20H21ClF3N5O2. The fourth-order valence-corrected chi connectivity index (χ4v) is 3.70. The Morgan fingerprint density at radius 1 is 1.29 bits per heavy atom. The summed E-state index contributed by atoms with van der Waals surface area (Å²) in [5.41, 5.74) is -3.50. The first-order valence-corrected chi connectivity index (χ1v) is 9.97. The minimum absolute atomic E-state index is 0.0708. The number of hydrogen-bond donors (Lipinski definition) is 1. The molecular weight excluding hydrogens is 435 g/mol. The van der Waals surface area contributed by atoms with Crippen LogP contribution in [0.4, 0.5) is 18.9 Å². The second-order valence-corrected chi connectivity index (χ2v) is 7.98. The molecule has 3 rings (SSSR count). The summed E-state index contributed by atoms with van der Waals surface area (Å²) in [4.78, 5) is 39.0. The van der Waals surface area contributed by atoms with Crippen LogP contribution in [0.3, 0.4) is 0 Å². The Kier molecular flexibility index (Phi) is 6.49. The molecule has 0 radical (unpaired) electrons. The van der Waals surface area contributed by atoms with E-state index < -0.39 is 41.4 Å². The summed E-state index contributed by atoms with van der Waals surface area (Å²) in [5, 5.41) is 2.57. The van der Waals surface area contributed by atoms with Gasteiger partial charge in [0.1, 0.15) is 6.33 Å². The first-order valence-electron chi connectivity index (χ1n) is 9.54. The third-order valence-corrected chi connectivity index (χ3v) is 5.50. The van der Waals surface area contributed by atoms with Crippen LogP contribution in [0, 0.1) is 6.92 Å². The number of pyridine rings is 1. The van der Waals surface area contributed by atoms with Gasteiger partial charge in [0.2, 0.25) is 5.92 Å². The van der Waals surface area contributed by atoms with Crippen molar-refractivity contribution in [3.63, 3.8) is 0 Å². The summed E-state index contributed by atoms with van der Waals surface area (Å²) < 4.78 is 41.3. The molecule has 1 aliphatic rings. The molecule has 1 aliphatic carbocycles. The van der Waals surface area contributed by atoms with Gasteiger partial charge in [-0.15, -0.1) is 0 Å². The smallest absolute Gasteiger partial charge is 0.278 e. The van der Waals surface area contributed by atoms with Gasteiger partial charge in [0.05, 0.1) is 11.9 Å². The Labute approximate surface area is 182 Å². The lowest BCUT2D eigenvalue weighted by Gasteiger charge is -2.40. The predicted octanol–water partition coefficient (Wildman–Crippen LogP) is 3.27. The summed E-state index contributed by atoms with van der Waals surface area (Å²) in [6, 6.07) is 2.25. The van der Waals surface area contributed by atoms with Crippen molar-refractivity contribution >= 4 is 29.1 Å². The van der Waals surface area contributed by atoms with Crippen LogP contribution < -0.4 is 10.2 Å². The highest BCUT2D eigenvalue weighted by Gasteiger charge is 2.49. The molecule has 2 aromatic rings. The standard InChI is InChI=1S/C20H21ClF3N5O2/c1-12-3-4-15(10-27-12)29(17(30)16(21)22)19(2,13-8-25-11-26-9-13)18(31)28-14-5-6-20(23,24)7-14/h3-4,8-11,14,16H,5-7H2,1-2H3,(H,28,31)/t14-,16+,19-/m1/s1. The largest absolute Gasteiger partial charge is 0.351 e. The van der Waals surface area contributed by atoms with Gasteiger partial charge >= 0.3 is 0 Å². The number of anilines is 1. The van der Waals surface area contributed by atoms with Crippen LogP contribution in [-0.4, -0.2) is 44.4 Å².